The molecular formula is C13H15ClN4O2. The predicted octanol–water partition coefficient (Wildman–Crippen LogP) is 0.700. The van der Waals surface area contributed by atoms with Crippen molar-refractivity contribution in [3.8, 4) is 0 Å². The number of carbonyl (C=O) groups excluding carboxylic acids is 2. The van der Waals surface area contributed by atoms with Gasteiger partial charge in [0.2, 0.25) is 0 Å². The Labute approximate surface area is 121 Å². The maximum atomic E-state index is 11.7. The van der Waals surface area contributed by atoms with Crippen LogP contribution >= 0.6 is 11.6 Å². The normalized spacial score (nSPS) is 21.8. The molecule has 2 atom stereocenters. The highest BCUT2D eigenvalue weighted by Gasteiger charge is 2.37. The van der Waals surface area contributed by atoms with Gasteiger partial charge in [-0.15, -0.1) is 0 Å². The van der Waals surface area contributed by atoms with Gasteiger partial charge >= 0.3 is 0 Å². The van der Waals surface area contributed by atoms with Crippen LogP contribution in [0.25, 0.3) is 0 Å². The number of halogens is 1. The molecule has 2 rings (SSSR count). The fourth-order valence-electron chi connectivity index (χ4n) is 2.40. The van der Waals surface area contributed by atoms with E-state index < -0.39 is 12.1 Å². The molecule has 0 aliphatic carbocycles. The third-order valence-corrected chi connectivity index (χ3v) is 3.73. The number of ketones is 1. The molecule has 0 aromatic carbocycles. The van der Waals surface area contributed by atoms with Gasteiger partial charge in [0.25, 0.3) is 5.91 Å². The second-order valence-corrected chi connectivity index (χ2v) is 4.95. The topological polar surface area (TPSA) is 102 Å². The molecule has 2 unspecified atom stereocenters. The van der Waals surface area contributed by atoms with Gasteiger partial charge in [0.05, 0.1) is 17.1 Å². The number of hydrogen-bond donors (Lipinski definition) is 2. The van der Waals surface area contributed by atoms with Crippen LogP contribution in [-0.4, -0.2) is 29.4 Å². The first-order chi connectivity index (χ1) is 9.47. The first kappa shape index (κ1) is 14.5. The average Bonchev–Trinajstić information content (AvgIpc) is 2.79. The molecule has 1 aliphatic heterocycles. The number of nitrogens with zero attached hydrogens (tertiary/aromatic N) is 2. The summed E-state index contributed by atoms with van der Waals surface area (Å²) in [4.78, 5) is 29.1. The van der Waals surface area contributed by atoms with Gasteiger partial charge in [-0.25, -0.2) is 4.98 Å². The van der Waals surface area contributed by atoms with Crippen molar-refractivity contribution in [2.75, 3.05) is 11.4 Å². The second kappa shape index (κ2) is 5.60. The molecule has 1 aliphatic rings. The summed E-state index contributed by atoms with van der Waals surface area (Å²) in [5.74, 6) is -0.850. The highest BCUT2D eigenvalue weighted by Crippen LogP contribution is 2.31. The predicted molar refractivity (Wildman–Crippen MR) is 76.4 cm³/mol. The molecule has 1 aromatic heterocycles. The van der Waals surface area contributed by atoms with Gasteiger partial charge < -0.3 is 16.4 Å². The van der Waals surface area contributed by atoms with Crippen molar-refractivity contribution in [3.63, 3.8) is 0 Å². The lowest BCUT2D eigenvalue weighted by atomic mass is 10.0. The number of carbonyl (C=O) groups is 2. The molecule has 1 aromatic rings. The molecule has 0 bridgehead atoms. The number of nitrogens with two attached hydrogens (primary N) is 2. The van der Waals surface area contributed by atoms with E-state index in [1.165, 1.54) is 18.3 Å². The van der Waals surface area contributed by atoms with Crippen LogP contribution in [0.4, 0.5) is 5.82 Å². The standard InChI is InChI=1S/C13H15ClN4O2/c1-2-9(19)7-4-6-18(11(7)15)13-10(12(16)20)8(14)3-5-17-13/h2-3,5,7,11H,1,4,6,15H2,(H2,16,20). The smallest absolute Gasteiger partial charge is 0.253 e. The van der Waals surface area contributed by atoms with Crippen LogP contribution < -0.4 is 16.4 Å². The minimum absolute atomic E-state index is 0.122. The Morgan fingerprint density at radius 3 is 2.85 bits per heavy atom. The van der Waals surface area contributed by atoms with E-state index in [0.29, 0.717) is 18.8 Å². The summed E-state index contributed by atoms with van der Waals surface area (Å²) in [5.41, 5.74) is 11.5. The molecule has 2 heterocycles. The second-order valence-electron chi connectivity index (χ2n) is 4.54. The molecule has 7 heteroatoms. The molecule has 1 fully saturated rings. The Kier molecular flexibility index (Phi) is 4.06. The fraction of sp³-hybridized carbons (Fsp3) is 0.308. The molecule has 1 saturated heterocycles. The van der Waals surface area contributed by atoms with Gasteiger partial charge in [-0.3, -0.25) is 9.59 Å². The van der Waals surface area contributed by atoms with E-state index >= 15 is 0 Å². The molecular weight excluding hydrogens is 280 g/mol. The zero-order valence-electron chi connectivity index (χ0n) is 10.8. The summed E-state index contributed by atoms with van der Waals surface area (Å²) in [6, 6.07) is 1.49. The van der Waals surface area contributed by atoms with Crippen LogP contribution in [0.3, 0.4) is 0 Å². The summed E-state index contributed by atoms with van der Waals surface area (Å²) in [6.45, 7) is 3.96. The fourth-order valence-corrected chi connectivity index (χ4v) is 2.63. The van der Waals surface area contributed by atoms with E-state index in [4.69, 9.17) is 23.1 Å². The van der Waals surface area contributed by atoms with Crippen molar-refractivity contribution in [1.82, 2.24) is 4.98 Å². The first-order valence-electron chi connectivity index (χ1n) is 6.10. The minimum atomic E-state index is -0.677. The third-order valence-electron chi connectivity index (χ3n) is 3.42. The highest BCUT2D eigenvalue weighted by molar-refractivity contribution is 6.34. The van der Waals surface area contributed by atoms with Crippen LogP contribution in [-0.2, 0) is 4.79 Å². The van der Waals surface area contributed by atoms with Crippen molar-refractivity contribution < 1.29 is 9.59 Å². The van der Waals surface area contributed by atoms with E-state index in [9.17, 15) is 9.59 Å². The van der Waals surface area contributed by atoms with Gasteiger partial charge in [-0.2, -0.15) is 0 Å². The van der Waals surface area contributed by atoms with Crippen molar-refractivity contribution in [2.24, 2.45) is 17.4 Å². The molecule has 4 N–H and O–H groups in total. The Bertz CT molecular complexity index is 575. The Morgan fingerprint density at radius 2 is 2.25 bits per heavy atom. The van der Waals surface area contributed by atoms with Crippen molar-refractivity contribution in [3.05, 3.63) is 35.5 Å². The van der Waals surface area contributed by atoms with E-state index in [2.05, 4.69) is 11.6 Å². The zero-order valence-corrected chi connectivity index (χ0v) is 11.5. The van der Waals surface area contributed by atoms with Gasteiger partial charge in [-0.05, 0) is 18.6 Å². The molecule has 20 heavy (non-hydrogen) atoms. The van der Waals surface area contributed by atoms with Crippen LogP contribution in [0.2, 0.25) is 5.02 Å². The van der Waals surface area contributed by atoms with E-state index in [0.717, 1.165) is 0 Å². The van der Waals surface area contributed by atoms with Gasteiger partial charge in [0.1, 0.15) is 11.4 Å². The van der Waals surface area contributed by atoms with Crippen molar-refractivity contribution in [1.29, 1.82) is 0 Å². The monoisotopic (exact) mass is 294 g/mol. The van der Waals surface area contributed by atoms with Gasteiger partial charge in [0.15, 0.2) is 5.78 Å². The van der Waals surface area contributed by atoms with E-state index in [-0.39, 0.29) is 22.3 Å². The lowest BCUT2D eigenvalue weighted by Crippen LogP contribution is -2.43. The maximum absolute atomic E-state index is 11.7. The number of amides is 1. The van der Waals surface area contributed by atoms with Crippen LogP contribution in [0, 0.1) is 5.92 Å². The van der Waals surface area contributed by atoms with E-state index in [1.807, 2.05) is 0 Å². The number of primary amides is 1. The van der Waals surface area contributed by atoms with Crippen LogP contribution in [0.5, 0.6) is 0 Å². The number of anilines is 1. The molecule has 106 valence electrons. The molecule has 1 amide bonds. The lowest BCUT2D eigenvalue weighted by molar-refractivity contribution is -0.118. The maximum Gasteiger partial charge on any atom is 0.253 e. The molecule has 0 spiro atoms. The SMILES string of the molecule is C=CC(=O)C1CCN(c2nccc(Cl)c2C(N)=O)C1N. The summed E-state index contributed by atoms with van der Waals surface area (Å²) in [5, 5.41) is 0.216. The molecule has 0 radical (unpaired) electrons. The van der Waals surface area contributed by atoms with Gasteiger partial charge in [-0.1, -0.05) is 18.2 Å². The van der Waals surface area contributed by atoms with E-state index in [1.54, 1.807) is 4.90 Å². The number of aromatic nitrogens is 1. The first-order valence-corrected chi connectivity index (χ1v) is 6.48. The Hall–Kier alpha value is -1.92. The minimum Gasteiger partial charge on any atom is -0.365 e. The summed E-state index contributed by atoms with van der Waals surface area (Å²) < 4.78 is 0. The Morgan fingerprint density at radius 1 is 1.55 bits per heavy atom. The third kappa shape index (κ3) is 2.39. The number of pyridine rings is 1. The highest BCUT2D eigenvalue weighted by atomic mass is 35.5. The molecule has 0 saturated carbocycles. The quantitative estimate of drug-likeness (QED) is 0.796. The summed E-state index contributed by atoms with van der Waals surface area (Å²) in [6.07, 6.45) is 2.72. The zero-order chi connectivity index (χ0) is 14.9. The number of hydrogen-bond acceptors (Lipinski definition) is 5. The lowest BCUT2D eigenvalue weighted by Gasteiger charge is -2.26. The van der Waals surface area contributed by atoms with Gasteiger partial charge in [0, 0.05) is 12.7 Å². The van der Waals surface area contributed by atoms with Crippen molar-refractivity contribution >= 4 is 29.1 Å². The largest absolute Gasteiger partial charge is 0.365 e. The number of allylic oxidation sites excluding steroid dienone is 1. The Balaban J connectivity index is 2.39. The van der Waals surface area contributed by atoms with Crippen molar-refractivity contribution in [2.45, 2.75) is 12.6 Å². The summed E-state index contributed by atoms with van der Waals surface area (Å²) in [7, 11) is 0. The van der Waals surface area contributed by atoms with Crippen LogP contribution in [0.15, 0.2) is 24.9 Å². The average molecular weight is 295 g/mol. The van der Waals surface area contributed by atoms with Crippen LogP contribution in [0.1, 0.15) is 16.8 Å². The molecule has 6 nitrogen and oxygen atoms in total. The summed E-state index contributed by atoms with van der Waals surface area (Å²) >= 11 is 5.99. The number of rotatable bonds is 4.